The lowest BCUT2D eigenvalue weighted by atomic mass is 9.96. The maximum Gasteiger partial charge on any atom is 0.214 e. The summed E-state index contributed by atoms with van der Waals surface area (Å²) < 4.78 is 18.4. The Hall–Kier alpha value is -2.70. The van der Waals surface area contributed by atoms with Crippen LogP contribution in [0.4, 0.5) is 0 Å². The Kier molecular flexibility index (Phi) is 5.28. The second kappa shape index (κ2) is 8.09. The van der Waals surface area contributed by atoms with Gasteiger partial charge < -0.3 is 14.2 Å². The maximum atomic E-state index is 6.44. The summed E-state index contributed by atoms with van der Waals surface area (Å²) in [5.74, 6) is 2.19. The number of benzene rings is 3. The van der Waals surface area contributed by atoms with Crippen LogP contribution in [0, 0.1) is 0 Å². The van der Waals surface area contributed by atoms with Gasteiger partial charge in [0.25, 0.3) is 0 Å². The Bertz CT molecular complexity index is 1170. The van der Waals surface area contributed by atoms with Crippen molar-refractivity contribution < 1.29 is 14.2 Å². The van der Waals surface area contributed by atoms with Crippen molar-refractivity contribution in [1.82, 2.24) is 5.01 Å². The van der Waals surface area contributed by atoms with Crippen molar-refractivity contribution >= 4 is 33.2 Å². The number of hydrogen-bond donors (Lipinski definition) is 0. The summed E-state index contributed by atoms with van der Waals surface area (Å²) in [7, 11) is 3.26. The molecule has 0 unspecified atom stereocenters. The molecule has 2 atom stereocenters. The van der Waals surface area contributed by atoms with Crippen LogP contribution < -0.4 is 14.2 Å². The van der Waals surface area contributed by atoms with Crippen molar-refractivity contribution in [2.45, 2.75) is 18.7 Å². The van der Waals surface area contributed by atoms with Crippen molar-refractivity contribution in [3.8, 4) is 17.2 Å². The highest BCUT2D eigenvalue weighted by Gasteiger charge is 2.41. The molecular formula is C24H20BrClN2O3. The number of halogens is 2. The van der Waals surface area contributed by atoms with E-state index in [0.717, 1.165) is 39.0 Å². The van der Waals surface area contributed by atoms with Gasteiger partial charge in [-0.15, -0.1) is 0 Å². The topological polar surface area (TPSA) is 43.3 Å². The SMILES string of the molecule is COc1ccc([C@@H]2Oc3ccc(Br)cc3[C@H]3CC(c4ccc(Cl)cc4)=NN32)cc1OC. The van der Waals surface area contributed by atoms with Crippen LogP contribution in [0.15, 0.2) is 70.2 Å². The molecule has 0 saturated heterocycles. The summed E-state index contributed by atoms with van der Waals surface area (Å²) in [6, 6.07) is 19.8. The van der Waals surface area contributed by atoms with E-state index in [4.69, 9.17) is 30.9 Å². The Labute approximate surface area is 194 Å². The minimum absolute atomic E-state index is 0.0602. The first-order valence-electron chi connectivity index (χ1n) is 9.87. The van der Waals surface area contributed by atoms with Crippen LogP contribution in [0.25, 0.3) is 0 Å². The molecule has 0 spiro atoms. The van der Waals surface area contributed by atoms with E-state index >= 15 is 0 Å². The molecule has 31 heavy (non-hydrogen) atoms. The summed E-state index contributed by atoms with van der Waals surface area (Å²) in [6.45, 7) is 0. The number of ether oxygens (including phenoxy) is 3. The molecule has 0 aliphatic carbocycles. The molecule has 2 heterocycles. The van der Waals surface area contributed by atoms with E-state index < -0.39 is 0 Å². The molecule has 2 aliphatic heterocycles. The average Bonchev–Trinajstić information content (AvgIpc) is 3.24. The molecule has 5 rings (SSSR count). The Balaban J connectivity index is 1.60. The molecule has 0 aromatic heterocycles. The van der Waals surface area contributed by atoms with E-state index in [1.165, 1.54) is 0 Å². The Morgan fingerprint density at radius 1 is 1.00 bits per heavy atom. The fourth-order valence-electron chi connectivity index (χ4n) is 4.10. The third-order valence-corrected chi connectivity index (χ3v) is 6.37. The van der Waals surface area contributed by atoms with Gasteiger partial charge in [-0.05, 0) is 54.1 Å². The second-order valence-electron chi connectivity index (χ2n) is 7.42. The van der Waals surface area contributed by atoms with Crippen molar-refractivity contribution in [1.29, 1.82) is 0 Å². The lowest BCUT2D eigenvalue weighted by molar-refractivity contribution is -0.0192. The monoisotopic (exact) mass is 498 g/mol. The van der Waals surface area contributed by atoms with Gasteiger partial charge in [-0.1, -0.05) is 39.7 Å². The number of fused-ring (bicyclic) bond motifs is 3. The highest BCUT2D eigenvalue weighted by atomic mass is 79.9. The quantitative estimate of drug-likeness (QED) is 0.419. The van der Waals surface area contributed by atoms with Crippen LogP contribution in [-0.4, -0.2) is 24.9 Å². The first-order valence-corrected chi connectivity index (χ1v) is 11.0. The molecule has 0 radical (unpaired) electrons. The van der Waals surface area contributed by atoms with Gasteiger partial charge >= 0.3 is 0 Å². The van der Waals surface area contributed by atoms with Gasteiger partial charge in [-0.3, -0.25) is 0 Å². The van der Waals surface area contributed by atoms with Crippen molar-refractivity contribution in [3.63, 3.8) is 0 Å². The van der Waals surface area contributed by atoms with Gasteiger partial charge in [0.05, 0.1) is 26.0 Å². The predicted molar refractivity (Wildman–Crippen MR) is 124 cm³/mol. The first kappa shape index (κ1) is 20.2. The minimum Gasteiger partial charge on any atom is -0.493 e. The van der Waals surface area contributed by atoms with E-state index in [0.29, 0.717) is 16.5 Å². The van der Waals surface area contributed by atoms with Crippen LogP contribution >= 0.6 is 27.5 Å². The van der Waals surface area contributed by atoms with E-state index in [1.807, 2.05) is 59.6 Å². The normalized spacial score (nSPS) is 19.2. The molecule has 0 N–H and O–H groups in total. The number of nitrogens with zero attached hydrogens (tertiary/aromatic N) is 2. The second-order valence-corrected chi connectivity index (χ2v) is 8.77. The summed E-state index contributed by atoms with van der Waals surface area (Å²) in [6.07, 6.45) is 0.390. The highest BCUT2D eigenvalue weighted by Crippen LogP contribution is 2.49. The number of methoxy groups -OCH3 is 2. The Morgan fingerprint density at radius 2 is 1.77 bits per heavy atom. The van der Waals surface area contributed by atoms with E-state index in [1.54, 1.807) is 14.2 Å². The van der Waals surface area contributed by atoms with Gasteiger partial charge in [0.1, 0.15) is 5.75 Å². The van der Waals surface area contributed by atoms with Crippen molar-refractivity contribution in [2.75, 3.05) is 14.2 Å². The molecule has 0 fully saturated rings. The van der Waals surface area contributed by atoms with Crippen LogP contribution in [0.2, 0.25) is 5.02 Å². The van der Waals surface area contributed by atoms with Crippen LogP contribution in [0.1, 0.15) is 35.4 Å². The third-order valence-electron chi connectivity index (χ3n) is 5.62. The van der Waals surface area contributed by atoms with Gasteiger partial charge in [0, 0.05) is 27.0 Å². The average molecular weight is 500 g/mol. The molecule has 0 amide bonds. The molecule has 158 valence electrons. The zero-order valence-corrected chi connectivity index (χ0v) is 19.4. The predicted octanol–water partition coefficient (Wildman–Crippen LogP) is 6.36. The van der Waals surface area contributed by atoms with Crippen LogP contribution in [-0.2, 0) is 0 Å². The molecule has 2 aliphatic rings. The summed E-state index contributed by atoms with van der Waals surface area (Å²) in [4.78, 5) is 0. The Morgan fingerprint density at radius 3 is 2.52 bits per heavy atom. The van der Waals surface area contributed by atoms with Gasteiger partial charge in [-0.2, -0.15) is 5.10 Å². The number of hydrazone groups is 1. The largest absolute Gasteiger partial charge is 0.493 e. The van der Waals surface area contributed by atoms with Crippen LogP contribution in [0.5, 0.6) is 17.2 Å². The molecule has 3 aromatic rings. The van der Waals surface area contributed by atoms with Crippen molar-refractivity contribution in [2.24, 2.45) is 5.10 Å². The zero-order valence-electron chi connectivity index (χ0n) is 17.0. The van der Waals surface area contributed by atoms with Crippen molar-refractivity contribution in [3.05, 3.63) is 86.8 Å². The standard InChI is InChI=1S/C24H20BrClN2O3/c1-29-22-9-5-15(11-23(22)30-2)24-28-20(18-12-16(25)6-10-21(18)31-24)13-19(27-28)14-3-7-17(26)8-4-14/h3-12,20,24H,13H2,1-2H3/t20-,24+/m1/s1. The third kappa shape index (κ3) is 3.64. The number of hydrogen-bond acceptors (Lipinski definition) is 5. The van der Waals surface area contributed by atoms with Gasteiger partial charge in [0.2, 0.25) is 6.23 Å². The fourth-order valence-corrected chi connectivity index (χ4v) is 4.61. The van der Waals surface area contributed by atoms with E-state index in [2.05, 4.69) is 22.0 Å². The molecule has 0 bridgehead atoms. The van der Waals surface area contributed by atoms with E-state index in [9.17, 15) is 0 Å². The van der Waals surface area contributed by atoms with E-state index in [-0.39, 0.29) is 12.3 Å². The molecule has 7 heteroatoms. The molecular weight excluding hydrogens is 480 g/mol. The molecule has 0 saturated carbocycles. The minimum atomic E-state index is -0.386. The van der Waals surface area contributed by atoms with Gasteiger partial charge in [0.15, 0.2) is 11.5 Å². The van der Waals surface area contributed by atoms with Crippen LogP contribution in [0.3, 0.4) is 0 Å². The maximum absolute atomic E-state index is 6.44. The zero-order chi connectivity index (χ0) is 21.5. The first-order chi connectivity index (χ1) is 15.1. The smallest absolute Gasteiger partial charge is 0.214 e. The molecule has 5 nitrogen and oxygen atoms in total. The lowest BCUT2D eigenvalue weighted by Crippen LogP contribution is -2.33. The summed E-state index contributed by atoms with van der Waals surface area (Å²) >= 11 is 9.68. The molecule has 3 aromatic carbocycles. The summed E-state index contributed by atoms with van der Waals surface area (Å²) in [5, 5.41) is 7.74. The van der Waals surface area contributed by atoms with Gasteiger partial charge in [-0.25, -0.2) is 5.01 Å². The fraction of sp³-hybridized carbons (Fsp3) is 0.208. The lowest BCUT2D eigenvalue weighted by Gasteiger charge is -2.38. The highest BCUT2D eigenvalue weighted by molar-refractivity contribution is 9.10. The summed E-state index contributed by atoms with van der Waals surface area (Å²) in [5.41, 5.74) is 4.11. The number of rotatable bonds is 4.